The molecule has 1 N–H and O–H groups in total. The van der Waals surface area contributed by atoms with Gasteiger partial charge in [0, 0.05) is 37.3 Å². The van der Waals surface area contributed by atoms with Crippen molar-refractivity contribution in [3.63, 3.8) is 0 Å². The van der Waals surface area contributed by atoms with Crippen molar-refractivity contribution >= 4 is 11.0 Å². The zero-order valence-electron chi connectivity index (χ0n) is 22.8. The van der Waals surface area contributed by atoms with E-state index in [1.54, 1.807) is 24.3 Å². The monoisotopic (exact) mass is 546 g/mol. The van der Waals surface area contributed by atoms with Gasteiger partial charge in [-0.3, -0.25) is 0 Å². The van der Waals surface area contributed by atoms with Crippen LogP contribution >= 0.6 is 0 Å². The first-order valence-corrected chi connectivity index (χ1v) is 13.6. The Kier molecular flexibility index (Phi) is 9.35. The van der Waals surface area contributed by atoms with E-state index >= 15 is 0 Å². The van der Waals surface area contributed by atoms with Crippen LogP contribution < -0.4 is 5.32 Å². The second-order valence-corrected chi connectivity index (χ2v) is 10.3. The molecule has 0 spiro atoms. The standard InChI is InChI=1S/C23H28N4.C10H9F3/c1-5-10-20(6-2)15-24-19(4)22-13-9-14-27(22)18(3)16-26-17-25-21-11-7-8-12-23(21)26;11-9-4-2-1-3-8(9)7-5-10(12,13)6-7/h5-8,10-12,17,22,24H,1-4,9,13-16H2;1-4,7H,5-6H2/b20-10+;. The number of aromatic nitrogens is 2. The Morgan fingerprint density at radius 3 is 2.50 bits per heavy atom. The molecule has 1 saturated carbocycles. The summed E-state index contributed by atoms with van der Waals surface area (Å²) in [6.45, 7) is 18.7. The number of allylic oxidation sites excluding steroid dienone is 3. The summed E-state index contributed by atoms with van der Waals surface area (Å²) >= 11 is 0. The molecular weight excluding hydrogens is 509 g/mol. The van der Waals surface area contributed by atoms with Crippen molar-refractivity contribution in [3.05, 3.63) is 128 Å². The number of imidazole rings is 1. The van der Waals surface area contributed by atoms with Crippen LogP contribution in [0.4, 0.5) is 13.2 Å². The number of nitrogens with zero attached hydrogens (tertiary/aromatic N) is 3. The Balaban J connectivity index is 0.000000236. The molecule has 210 valence electrons. The average Bonchev–Trinajstić information content (AvgIpc) is 3.58. The third kappa shape index (κ3) is 6.95. The van der Waals surface area contributed by atoms with Gasteiger partial charge in [0.15, 0.2) is 0 Å². The summed E-state index contributed by atoms with van der Waals surface area (Å²) < 4.78 is 40.2. The predicted octanol–water partition coefficient (Wildman–Crippen LogP) is 7.75. The fourth-order valence-electron chi connectivity index (χ4n) is 5.30. The topological polar surface area (TPSA) is 33.1 Å². The zero-order chi connectivity index (χ0) is 28.7. The maximum atomic E-state index is 13.1. The molecule has 2 aromatic carbocycles. The molecule has 40 heavy (non-hydrogen) atoms. The zero-order valence-corrected chi connectivity index (χ0v) is 22.8. The highest BCUT2D eigenvalue weighted by molar-refractivity contribution is 5.75. The van der Waals surface area contributed by atoms with Gasteiger partial charge in [0.25, 0.3) is 0 Å². The van der Waals surface area contributed by atoms with E-state index in [4.69, 9.17) is 0 Å². The number of hydrogen-bond donors (Lipinski definition) is 1. The molecule has 2 heterocycles. The van der Waals surface area contributed by atoms with Gasteiger partial charge in [-0.15, -0.1) is 0 Å². The first kappa shape index (κ1) is 29.0. The van der Waals surface area contributed by atoms with Crippen molar-refractivity contribution in [3.8, 4) is 0 Å². The fraction of sp³-hybridized carbons (Fsp3) is 0.303. The Hall–Kier alpha value is -4.00. The van der Waals surface area contributed by atoms with Crippen LogP contribution in [0.2, 0.25) is 0 Å². The van der Waals surface area contributed by atoms with Gasteiger partial charge in [-0.25, -0.2) is 18.2 Å². The highest BCUT2D eigenvalue weighted by Gasteiger charge is 2.46. The van der Waals surface area contributed by atoms with Crippen molar-refractivity contribution in [1.29, 1.82) is 0 Å². The Labute approximate surface area is 234 Å². The lowest BCUT2D eigenvalue weighted by atomic mass is 9.76. The minimum Gasteiger partial charge on any atom is -0.383 e. The molecule has 1 aliphatic heterocycles. The van der Waals surface area contributed by atoms with Gasteiger partial charge >= 0.3 is 0 Å². The molecule has 5 rings (SSSR count). The molecule has 2 fully saturated rings. The fourth-order valence-corrected chi connectivity index (χ4v) is 5.30. The van der Waals surface area contributed by atoms with Crippen LogP contribution in [0.15, 0.2) is 116 Å². The number of benzene rings is 2. The predicted molar refractivity (Wildman–Crippen MR) is 158 cm³/mol. The molecular formula is C33H37F3N4. The minimum atomic E-state index is -2.58. The van der Waals surface area contributed by atoms with Gasteiger partial charge in [0.1, 0.15) is 5.82 Å². The van der Waals surface area contributed by atoms with E-state index in [1.807, 2.05) is 36.7 Å². The third-order valence-electron chi connectivity index (χ3n) is 7.49. The highest BCUT2D eigenvalue weighted by Crippen LogP contribution is 2.48. The van der Waals surface area contributed by atoms with E-state index < -0.39 is 5.92 Å². The molecule has 0 radical (unpaired) electrons. The van der Waals surface area contributed by atoms with Gasteiger partial charge in [0.2, 0.25) is 5.92 Å². The van der Waals surface area contributed by atoms with Crippen LogP contribution in [0.5, 0.6) is 0 Å². The largest absolute Gasteiger partial charge is 0.383 e. The summed E-state index contributed by atoms with van der Waals surface area (Å²) in [6, 6.07) is 14.6. The number of nitrogens with one attached hydrogen (secondary N) is 1. The van der Waals surface area contributed by atoms with E-state index in [-0.39, 0.29) is 30.6 Å². The molecule has 1 atom stereocenters. The van der Waals surface area contributed by atoms with Gasteiger partial charge < -0.3 is 14.8 Å². The van der Waals surface area contributed by atoms with Crippen molar-refractivity contribution in [1.82, 2.24) is 19.8 Å². The number of alkyl halides is 2. The first-order chi connectivity index (χ1) is 19.2. The molecule has 4 nitrogen and oxygen atoms in total. The number of para-hydroxylation sites is 2. The highest BCUT2D eigenvalue weighted by atomic mass is 19.3. The van der Waals surface area contributed by atoms with Crippen LogP contribution in [-0.2, 0) is 6.54 Å². The minimum absolute atomic E-state index is 0.214. The van der Waals surface area contributed by atoms with Gasteiger partial charge in [-0.2, -0.15) is 0 Å². The van der Waals surface area contributed by atoms with E-state index in [2.05, 4.69) is 52.1 Å². The molecule has 3 aromatic rings. The second-order valence-electron chi connectivity index (χ2n) is 10.3. The second kappa shape index (κ2) is 12.9. The molecule has 1 aromatic heterocycles. The quantitative estimate of drug-likeness (QED) is 0.264. The van der Waals surface area contributed by atoms with E-state index in [1.165, 1.54) is 6.07 Å². The van der Waals surface area contributed by atoms with Crippen LogP contribution in [0.25, 0.3) is 11.0 Å². The van der Waals surface area contributed by atoms with Crippen molar-refractivity contribution in [2.24, 2.45) is 0 Å². The summed E-state index contributed by atoms with van der Waals surface area (Å²) in [5.41, 5.74) is 5.79. The Bertz CT molecular complexity index is 1400. The van der Waals surface area contributed by atoms with Crippen molar-refractivity contribution in [2.75, 3.05) is 13.1 Å². The molecule has 1 saturated heterocycles. The summed E-state index contributed by atoms with van der Waals surface area (Å²) in [7, 11) is 0. The molecule has 0 bridgehead atoms. The SMILES string of the molecule is C=C/C=C(\C=C)CNC(=C)C1CCCN1C(=C)Cn1cnc2ccccc21.Fc1ccccc1C1CC(F)(F)C1. The van der Waals surface area contributed by atoms with Crippen molar-refractivity contribution < 1.29 is 13.2 Å². The maximum absolute atomic E-state index is 13.1. The van der Waals surface area contributed by atoms with E-state index in [0.29, 0.717) is 12.1 Å². The van der Waals surface area contributed by atoms with E-state index in [9.17, 15) is 13.2 Å². The Morgan fingerprint density at radius 2 is 1.80 bits per heavy atom. The summed E-state index contributed by atoms with van der Waals surface area (Å²) in [5, 5.41) is 3.45. The molecule has 2 aliphatic rings. The molecule has 1 aliphatic carbocycles. The van der Waals surface area contributed by atoms with Crippen LogP contribution in [0, 0.1) is 5.82 Å². The van der Waals surface area contributed by atoms with Gasteiger partial charge in [-0.05, 0) is 48.1 Å². The summed E-state index contributed by atoms with van der Waals surface area (Å²) in [4.78, 5) is 6.85. The lowest BCUT2D eigenvalue weighted by Gasteiger charge is -2.35. The maximum Gasteiger partial charge on any atom is 0.249 e. The van der Waals surface area contributed by atoms with E-state index in [0.717, 1.165) is 53.9 Å². The Morgan fingerprint density at radius 1 is 1.07 bits per heavy atom. The van der Waals surface area contributed by atoms with Crippen LogP contribution in [0.1, 0.15) is 37.2 Å². The molecule has 1 unspecified atom stereocenters. The lowest BCUT2D eigenvalue weighted by molar-refractivity contribution is -0.0873. The third-order valence-corrected chi connectivity index (χ3v) is 7.49. The van der Waals surface area contributed by atoms with Crippen molar-refractivity contribution in [2.45, 2.75) is 50.1 Å². The number of likely N-dealkylation sites (tertiary alicyclic amines) is 1. The first-order valence-electron chi connectivity index (χ1n) is 13.6. The van der Waals surface area contributed by atoms with Crippen LogP contribution in [-0.4, -0.2) is 39.5 Å². The number of halogens is 3. The van der Waals surface area contributed by atoms with Crippen LogP contribution in [0.3, 0.4) is 0 Å². The average molecular weight is 547 g/mol. The van der Waals surface area contributed by atoms with Gasteiger partial charge in [-0.1, -0.05) is 74.9 Å². The normalized spacial score (nSPS) is 18.4. The lowest BCUT2D eigenvalue weighted by Crippen LogP contribution is -2.36. The summed E-state index contributed by atoms with van der Waals surface area (Å²) in [6.07, 6.45) is 9.28. The smallest absolute Gasteiger partial charge is 0.249 e. The number of rotatable bonds is 10. The molecule has 0 amide bonds. The number of fused-ring (bicyclic) bond motifs is 1. The molecule has 7 heteroatoms. The number of hydrogen-bond acceptors (Lipinski definition) is 3. The van der Waals surface area contributed by atoms with Gasteiger partial charge in [0.05, 0.1) is 29.9 Å². The summed E-state index contributed by atoms with van der Waals surface area (Å²) in [5.74, 6) is -3.24.